The molecule has 0 spiro atoms. The third-order valence-corrected chi connectivity index (χ3v) is 4.79. The molecule has 0 aliphatic carbocycles. The molecule has 3 heterocycles. The zero-order chi connectivity index (χ0) is 14.9. The molecular weight excluding hydrogens is 279 g/mol. The molecule has 116 valence electrons. The van der Waals surface area contributed by atoms with E-state index in [9.17, 15) is 4.39 Å². The van der Waals surface area contributed by atoms with Crippen LogP contribution in [0.5, 0.6) is 0 Å². The molecule has 1 atom stereocenters. The molecule has 0 amide bonds. The van der Waals surface area contributed by atoms with Gasteiger partial charge in [-0.3, -0.25) is 9.80 Å². The number of fused-ring (bicyclic) bond motifs is 1. The molecule has 2 aliphatic heterocycles. The molecule has 2 aromatic rings. The molecule has 2 fully saturated rings. The van der Waals surface area contributed by atoms with Crippen molar-refractivity contribution >= 4 is 0 Å². The number of hydrogen-bond acceptors (Lipinski definition) is 3. The van der Waals surface area contributed by atoms with Crippen LogP contribution in [0.1, 0.15) is 18.4 Å². The molecule has 0 radical (unpaired) electrons. The fraction of sp³-hybridized carbons (Fsp3) is 0.471. The minimum absolute atomic E-state index is 0.230. The molecule has 5 heteroatoms. The van der Waals surface area contributed by atoms with Crippen LogP contribution in [0.15, 0.2) is 36.7 Å². The van der Waals surface area contributed by atoms with Crippen LogP contribution < -0.4 is 0 Å². The van der Waals surface area contributed by atoms with E-state index in [1.165, 1.54) is 43.6 Å². The summed E-state index contributed by atoms with van der Waals surface area (Å²) in [4.78, 5) is 5.13. The van der Waals surface area contributed by atoms with Crippen LogP contribution >= 0.6 is 0 Å². The molecular formula is C17H21FN4. The van der Waals surface area contributed by atoms with Gasteiger partial charge in [-0.25, -0.2) is 9.07 Å². The average Bonchev–Trinajstić information content (AvgIpc) is 3.16. The Morgan fingerprint density at radius 1 is 1.23 bits per heavy atom. The monoisotopic (exact) mass is 300 g/mol. The summed E-state index contributed by atoms with van der Waals surface area (Å²) in [6.45, 7) is 5.67. The molecule has 4 nitrogen and oxygen atoms in total. The SMILES string of the molecule is Fc1cccc(-n2cc(CN3CCN4CCC[C@@H]4C3)cn2)c1. The lowest BCUT2D eigenvalue weighted by molar-refractivity contribution is 0.0994. The van der Waals surface area contributed by atoms with E-state index < -0.39 is 0 Å². The summed E-state index contributed by atoms with van der Waals surface area (Å²) >= 11 is 0. The van der Waals surface area contributed by atoms with Gasteiger partial charge in [0.1, 0.15) is 5.82 Å². The number of benzene rings is 1. The Kier molecular flexibility index (Phi) is 3.68. The van der Waals surface area contributed by atoms with Crippen LogP contribution in [-0.4, -0.2) is 51.8 Å². The average molecular weight is 300 g/mol. The predicted octanol–water partition coefficient (Wildman–Crippen LogP) is 2.29. The first-order valence-corrected chi connectivity index (χ1v) is 8.04. The summed E-state index contributed by atoms with van der Waals surface area (Å²) in [6.07, 6.45) is 6.58. The maximum atomic E-state index is 13.3. The quantitative estimate of drug-likeness (QED) is 0.869. The van der Waals surface area contributed by atoms with Gasteiger partial charge in [0, 0.05) is 44.0 Å². The van der Waals surface area contributed by atoms with Crippen molar-refractivity contribution in [2.24, 2.45) is 0 Å². The lowest BCUT2D eigenvalue weighted by atomic mass is 10.1. The maximum absolute atomic E-state index is 13.3. The first kappa shape index (κ1) is 13.9. The number of halogens is 1. The van der Waals surface area contributed by atoms with Gasteiger partial charge in [0.15, 0.2) is 0 Å². The van der Waals surface area contributed by atoms with E-state index in [-0.39, 0.29) is 5.82 Å². The lowest BCUT2D eigenvalue weighted by Gasteiger charge is -2.37. The van der Waals surface area contributed by atoms with Gasteiger partial charge in [-0.15, -0.1) is 0 Å². The fourth-order valence-electron chi connectivity index (χ4n) is 3.66. The second kappa shape index (κ2) is 5.82. The predicted molar refractivity (Wildman–Crippen MR) is 83.4 cm³/mol. The normalized spacial score (nSPS) is 22.9. The van der Waals surface area contributed by atoms with Crippen molar-refractivity contribution < 1.29 is 4.39 Å². The van der Waals surface area contributed by atoms with E-state index in [2.05, 4.69) is 14.9 Å². The number of rotatable bonds is 3. The highest BCUT2D eigenvalue weighted by molar-refractivity contribution is 5.31. The van der Waals surface area contributed by atoms with E-state index in [1.54, 1.807) is 10.7 Å². The van der Waals surface area contributed by atoms with E-state index in [1.807, 2.05) is 18.5 Å². The maximum Gasteiger partial charge on any atom is 0.125 e. The summed E-state index contributed by atoms with van der Waals surface area (Å²) in [7, 11) is 0. The molecule has 0 bridgehead atoms. The first-order chi connectivity index (χ1) is 10.8. The molecule has 2 aliphatic rings. The van der Waals surface area contributed by atoms with E-state index >= 15 is 0 Å². The van der Waals surface area contributed by atoms with Crippen LogP contribution in [0, 0.1) is 5.82 Å². The van der Waals surface area contributed by atoms with E-state index in [0.717, 1.165) is 31.4 Å². The van der Waals surface area contributed by atoms with Gasteiger partial charge in [0.25, 0.3) is 0 Å². The Morgan fingerprint density at radius 3 is 3.09 bits per heavy atom. The van der Waals surface area contributed by atoms with Crippen molar-refractivity contribution in [1.82, 2.24) is 19.6 Å². The summed E-state index contributed by atoms with van der Waals surface area (Å²) < 4.78 is 15.1. The minimum Gasteiger partial charge on any atom is -0.298 e. The van der Waals surface area contributed by atoms with E-state index in [4.69, 9.17) is 0 Å². The summed E-state index contributed by atoms with van der Waals surface area (Å²) in [5.41, 5.74) is 1.96. The minimum atomic E-state index is -0.230. The third-order valence-electron chi connectivity index (χ3n) is 4.79. The van der Waals surface area contributed by atoms with Crippen LogP contribution in [0.3, 0.4) is 0 Å². The summed E-state index contributed by atoms with van der Waals surface area (Å²) in [5, 5.41) is 4.37. The molecule has 2 saturated heterocycles. The van der Waals surface area contributed by atoms with Crippen LogP contribution in [0.2, 0.25) is 0 Å². The number of aromatic nitrogens is 2. The Morgan fingerprint density at radius 2 is 2.18 bits per heavy atom. The van der Waals surface area contributed by atoms with Crippen molar-refractivity contribution in [2.75, 3.05) is 26.2 Å². The van der Waals surface area contributed by atoms with Gasteiger partial charge in [-0.2, -0.15) is 5.10 Å². The van der Waals surface area contributed by atoms with Gasteiger partial charge in [-0.05, 0) is 37.6 Å². The van der Waals surface area contributed by atoms with Crippen LogP contribution in [-0.2, 0) is 6.54 Å². The third kappa shape index (κ3) is 2.78. The van der Waals surface area contributed by atoms with Gasteiger partial charge in [-0.1, -0.05) is 6.07 Å². The zero-order valence-corrected chi connectivity index (χ0v) is 12.7. The van der Waals surface area contributed by atoms with Gasteiger partial charge < -0.3 is 0 Å². The smallest absolute Gasteiger partial charge is 0.125 e. The Balaban J connectivity index is 1.44. The highest BCUT2D eigenvalue weighted by atomic mass is 19.1. The van der Waals surface area contributed by atoms with Gasteiger partial charge in [0.05, 0.1) is 11.9 Å². The Labute approximate surface area is 130 Å². The largest absolute Gasteiger partial charge is 0.298 e. The number of nitrogens with zero attached hydrogens (tertiary/aromatic N) is 4. The lowest BCUT2D eigenvalue weighted by Crippen LogP contribution is -2.49. The Bertz CT molecular complexity index is 654. The topological polar surface area (TPSA) is 24.3 Å². The van der Waals surface area contributed by atoms with Crippen molar-refractivity contribution in [1.29, 1.82) is 0 Å². The summed E-state index contributed by atoms with van der Waals surface area (Å²) in [6, 6.07) is 7.29. The second-order valence-electron chi connectivity index (χ2n) is 6.34. The second-order valence-corrected chi connectivity index (χ2v) is 6.34. The van der Waals surface area contributed by atoms with E-state index in [0.29, 0.717) is 0 Å². The number of piperazine rings is 1. The summed E-state index contributed by atoms with van der Waals surface area (Å²) in [5.74, 6) is -0.230. The molecule has 0 saturated carbocycles. The van der Waals surface area contributed by atoms with Crippen LogP contribution in [0.25, 0.3) is 5.69 Å². The fourth-order valence-corrected chi connectivity index (χ4v) is 3.66. The van der Waals surface area contributed by atoms with Gasteiger partial charge >= 0.3 is 0 Å². The van der Waals surface area contributed by atoms with Crippen molar-refractivity contribution in [2.45, 2.75) is 25.4 Å². The van der Waals surface area contributed by atoms with Crippen molar-refractivity contribution in [3.05, 3.63) is 48.0 Å². The highest BCUT2D eigenvalue weighted by Crippen LogP contribution is 2.22. The van der Waals surface area contributed by atoms with Gasteiger partial charge in [0.2, 0.25) is 0 Å². The molecule has 1 aromatic heterocycles. The first-order valence-electron chi connectivity index (χ1n) is 8.04. The molecule has 4 rings (SSSR count). The molecule has 22 heavy (non-hydrogen) atoms. The standard InChI is InChI=1S/C17H21FN4/c18-15-3-1-4-16(9-15)22-12-14(10-19-22)11-20-7-8-21-6-2-5-17(21)13-20/h1,3-4,9-10,12,17H,2,5-8,11,13H2/t17-/m1/s1. The van der Waals surface area contributed by atoms with Crippen LogP contribution in [0.4, 0.5) is 4.39 Å². The zero-order valence-electron chi connectivity index (χ0n) is 12.7. The molecule has 1 aromatic carbocycles. The molecule has 0 unspecified atom stereocenters. The van der Waals surface area contributed by atoms with Crippen molar-refractivity contribution in [3.63, 3.8) is 0 Å². The Hall–Kier alpha value is -1.72. The van der Waals surface area contributed by atoms with Crippen molar-refractivity contribution in [3.8, 4) is 5.69 Å². The molecule has 0 N–H and O–H groups in total. The number of hydrogen-bond donors (Lipinski definition) is 0. The highest BCUT2D eigenvalue weighted by Gasteiger charge is 2.30.